The number of fused-ring (bicyclic) bond motifs is 1. The molecule has 1 atom stereocenters. The Morgan fingerprint density at radius 2 is 2.12 bits per heavy atom. The molecule has 0 aliphatic rings. The molecule has 0 amide bonds. The molecule has 0 spiro atoms. The van der Waals surface area contributed by atoms with Gasteiger partial charge in [-0.1, -0.05) is 12.1 Å². The Bertz CT molecular complexity index is 539. The van der Waals surface area contributed by atoms with Crippen molar-refractivity contribution in [3.63, 3.8) is 0 Å². The molecule has 0 fully saturated rings. The van der Waals surface area contributed by atoms with E-state index < -0.39 is 0 Å². The number of aromatic nitrogens is 1. The Kier molecular flexibility index (Phi) is 3.64. The number of hydrogen-bond acceptors (Lipinski definition) is 3. The molecule has 0 radical (unpaired) electrons. The summed E-state index contributed by atoms with van der Waals surface area (Å²) >= 11 is 0. The SMILES string of the molecule is CC(O)CCCCn1c(=O)oc2ccccc21. The predicted molar refractivity (Wildman–Crippen MR) is 66.0 cm³/mol. The van der Waals surface area contributed by atoms with Crippen molar-refractivity contribution in [3.05, 3.63) is 34.8 Å². The quantitative estimate of drug-likeness (QED) is 0.808. The monoisotopic (exact) mass is 235 g/mol. The number of oxazole rings is 1. The Morgan fingerprint density at radius 3 is 2.88 bits per heavy atom. The number of hydrogen-bond donors (Lipinski definition) is 1. The first-order chi connectivity index (χ1) is 8.18. The molecular formula is C13H17NO3. The number of para-hydroxylation sites is 2. The largest absolute Gasteiger partial charge is 0.419 e. The lowest BCUT2D eigenvalue weighted by Crippen LogP contribution is -2.14. The molecule has 4 heteroatoms. The Hall–Kier alpha value is -1.55. The Labute approximate surface area is 99.5 Å². The molecule has 1 N–H and O–H groups in total. The van der Waals surface area contributed by atoms with Crippen LogP contribution in [0.3, 0.4) is 0 Å². The second kappa shape index (κ2) is 5.19. The molecule has 0 saturated carbocycles. The van der Waals surface area contributed by atoms with E-state index in [-0.39, 0.29) is 11.9 Å². The summed E-state index contributed by atoms with van der Waals surface area (Å²) in [7, 11) is 0. The van der Waals surface area contributed by atoms with Crippen LogP contribution in [0, 0.1) is 0 Å². The van der Waals surface area contributed by atoms with Crippen LogP contribution in [-0.4, -0.2) is 15.8 Å². The minimum absolute atomic E-state index is 0.271. The van der Waals surface area contributed by atoms with E-state index in [2.05, 4.69) is 0 Å². The molecule has 1 aromatic carbocycles. The van der Waals surface area contributed by atoms with Crippen LogP contribution < -0.4 is 5.76 Å². The highest BCUT2D eigenvalue weighted by molar-refractivity contribution is 5.72. The summed E-state index contributed by atoms with van der Waals surface area (Å²) in [5, 5.41) is 9.15. The van der Waals surface area contributed by atoms with E-state index in [0.717, 1.165) is 24.8 Å². The lowest BCUT2D eigenvalue weighted by atomic mass is 10.2. The van der Waals surface area contributed by atoms with Gasteiger partial charge in [-0.05, 0) is 38.3 Å². The average Bonchev–Trinajstić information content (AvgIpc) is 2.60. The molecule has 4 nitrogen and oxygen atoms in total. The van der Waals surface area contributed by atoms with E-state index in [4.69, 9.17) is 9.52 Å². The summed E-state index contributed by atoms with van der Waals surface area (Å²) in [6.45, 7) is 2.42. The molecule has 17 heavy (non-hydrogen) atoms. The second-order valence-corrected chi connectivity index (χ2v) is 4.33. The number of nitrogens with zero attached hydrogens (tertiary/aromatic N) is 1. The number of unbranched alkanes of at least 4 members (excludes halogenated alkanes) is 1. The van der Waals surface area contributed by atoms with Crippen molar-refractivity contribution in [2.45, 2.75) is 38.8 Å². The minimum atomic E-state index is -0.303. The van der Waals surface area contributed by atoms with Gasteiger partial charge >= 0.3 is 5.76 Å². The third-order valence-corrected chi connectivity index (χ3v) is 2.83. The molecule has 1 unspecified atom stereocenters. The van der Waals surface area contributed by atoms with Crippen LogP contribution in [-0.2, 0) is 6.54 Å². The smallest absolute Gasteiger partial charge is 0.408 e. The van der Waals surface area contributed by atoms with Crippen LogP contribution in [0.25, 0.3) is 11.1 Å². The zero-order valence-electron chi connectivity index (χ0n) is 9.93. The van der Waals surface area contributed by atoms with Crippen molar-refractivity contribution in [1.29, 1.82) is 0 Å². The summed E-state index contributed by atoms with van der Waals surface area (Å²) in [5.74, 6) is -0.303. The van der Waals surface area contributed by atoms with Gasteiger partial charge in [0.15, 0.2) is 5.58 Å². The number of benzene rings is 1. The van der Waals surface area contributed by atoms with Crippen LogP contribution in [0.2, 0.25) is 0 Å². The standard InChI is InChI=1S/C13H17NO3/c1-10(15)6-4-5-9-14-11-7-2-3-8-12(11)17-13(14)16/h2-3,7-8,10,15H,4-6,9H2,1H3. The lowest BCUT2D eigenvalue weighted by molar-refractivity contribution is 0.180. The van der Waals surface area contributed by atoms with Gasteiger partial charge in [0.2, 0.25) is 0 Å². The van der Waals surface area contributed by atoms with Crippen LogP contribution in [0.1, 0.15) is 26.2 Å². The van der Waals surface area contributed by atoms with Gasteiger partial charge in [0.05, 0.1) is 11.6 Å². The van der Waals surface area contributed by atoms with Gasteiger partial charge in [0, 0.05) is 6.54 Å². The van der Waals surface area contributed by atoms with Gasteiger partial charge in [-0.25, -0.2) is 4.79 Å². The fourth-order valence-corrected chi connectivity index (χ4v) is 1.94. The molecule has 2 rings (SSSR count). The molecule has 1 heterocycles. The van der Waals surface area contributed by atoms with Crippen molar-refractivity contribution < 1.29 is 9.52 Å². The molecule has 0 saturated heterocycles. The number of rotatable bonds is 5. The van der Waals surface area contributed by atoms with Crippen LogP contribution in [0.4, 0.5) is 0 Å². The highest BCUT2D eigenvalue weighted by Crippen LogP contribution is 2.12. The number of aliphatic hydroxyl groups is 1. The van der Waals surface area contributed by atoms with Gasteiger partial charge in [-0.2, -0.15) is 0 Å². The van der Waals surface area contributed by atoms with Crippen LogP contribution in [0.5, 0.6) is 0 Å². The molecule has 92 valence electrons. The van der Waals surface area contributed by atoms with Crippen molar-refractivity contribution in [3.8, 4) is 0 Å². The van der Waals surface area contributed by atoms with E-state index in [1.54, 1.807) is 17.6 Å². The third-order valence-electron chi connectivity index (χ3n) is 2.83. The summed E-state index contributed by atoms with van der Waals surface area (Å²) in [5.41, 5.74) is 1.47. The topological polar surface area (TPSA) is 55.4 Å². The third kappa shape index (κ3) is 2.77. The van der Waals surface area contributed by atoms with E-state index >= 15 is 0 Å². The maximum absolute atomic E-state index is 11.6. The summed E-state index contributed by atoms with van der Waals surface area (Å²) in [6.07, 6.45) is 2.27. The summed E-state index contributed by atoms with van der Waals surface area (Å²) in [4.78, 5) is 11.6. The maximum atomic E-state index is 11.6. The normalized spacial score (nSPS) is 13.1. The van der Waals surface area contributed by atoms with Gasteiger partial charge in [0.1, 0.15) is 0 Å². The molecular weight excluding hydrogens is 218 g/mol. The van der Waals surface area contributed by atoms with Crippen LogP contribution in [0.15, 0.2) is 33.5 Å². The number of aliphatic hydroxyl groups excluding tert-OH is 1. The number of aryl methyl sites for hydroxylation is 1. The zero-order valence-corrected chi connectivity index (χ0v) is 9.93. The summed E-state index contributed by atoms with van der Waals surface area (Å²) in [6, 6.07) is 7.42. The van der Waals surface area contributed by atoms with Gasteiger partial charge < -0.3 is 9.52 Å². The highest BCUT2D eigenvalue weighted by Gasteiger charge is 2.07. The lowest BCUT2D eigenvalue weighted by Gasteiger charge is -2.04. The zero-order chi connectivity index (χ0) is 12.3. The van der Waals surface area contributed by atoms with E-state index in [1.165, 1.54) is 0 Å². The first kappa shape index (κ1) is 11.9. The van der Waals surface area contributed by atoms with Gasteiger partial charge in [-0.3, -0.25) is 4.57 Å². The first-order valence-corrected chi connectivity index (χ1v) is 5.95. The van der Waals surface area contributed by atoms with Crippen molar-refractivity contribution in [2.24, 2.45) is 0 Å². The first-order valence-electron chi connectivity index (χ1n) is 5.95. The van der Waals surface area contributed by atoms with Crippen LogP contribution >= 0.6 is 0 Å². The molecule has 0 bridgehead atoms. The van der Waals surface area contributed by atoms with Crippen molar-refractivity contribution >= 4 is 11.1 Å². The molecule has 0 aliphatic heterocycles. The second-order valence-electron chi connectivity index (χ2n) is 4.33. The fourth-order valence-electron chi connectivity index (χ4n) is 1.94. The van der Waals surface area contributed by atoms with Crippen molar-refractivity contribution in [2.75, 3.05) is 0 Å². The van der Waals surface area contributed by atoms with Gasteiger partial charge in [0.25, 0.3) is 0 Å². The summed E-state index contributed by atoms with van der Waals surface area (Å²) < 4.78 is 6.79. The Balaban J connectivity index is 2.08. The molecule has 0 aliphatic carbocycles. The van der Waals surface area contributed by atoms with E-state index in [0.29, 0.717) is 12.1 Å². The molecule has 2 aromatic rings. The van der Waals surface area contributed by atoms with E-state index in [1.807, 2.05) is 18.2 Å². The maximum Gasteiger partial charge on any atom is 0.419 e. The Morgan fingerprint density at radius 1 is 1.35 bits per heavy atom. The van der Waals surface area contributed by atoms with E-state index in [9.17, 15) is 4.79 Å². The van der Waals surface area contributed by atoms with Gasteiger partial charge in [-0.15, -0.1) is 0 Å². The van der Waals surface area contributed by atoms with Crippen molar-refractivity contribution in [1.82, 2.24) is 4.57 Å². The predicted octanol–water partition coefficient (Wildman–Crippen LogP) is 2.15. The highest BCUT2D eigenvalue weighted by atomic mass is 16.4. The average molecular weight is 235 g/mol. The fraction of sp³-hybridized carbons (Fsp3) is 0.462. The minimum Gasteiger partial charge on any atom is -0.408 e. The molecule has 1 aromatic heterocycles.